The molecule has 20 heavy (non-hydrogen) atoms. The molecule has 0 aromatic heterocycles. The zero-order valence-corrected chi connectivity index (χ0v) is 13.4. The summed E-state index contributed by atoms with van der Waals surface area (Å²) in [6.45, 7) is 3.93. The topological polar surface area (TPSA) is 24.5 Å². The SMILES string of the molecule is CNC(C)c1ccc(N(C)CC2CCCCO2)c(Cl)c1. The summed E-state index contributed by atoms with van der Waals surface area (Å²) in [4.78, 5) is 2.20. The molecule has 2 rings (SSSR count). The van der Waals surface area contributed by atoms with E-state index < -0.39 is 0 Å². The maximum Gasteiger partial charge on any atom is 0.0749 e. The van der Waals surface area contributed by atoms with E-state index in [1.165, 1.54) is 18.4 Å². The molecule has 1 aliphatic heterocycles. The number of nitrogens with one attached hydrogen (secondary N) is 1. The van der Waals surface area contributed by atoms with Crippen molar-refractivity contribution in [1.82, 2.24) is 5.32 Å². The average Bonchev–Trinajstić information content (AvgIpc) is 2.47. The molecular weight excluding hydrogens is 272 g/mol. The highest BCUT2D eigenvalue weighted by molar-refractivity contribution is 6.33. The Morgan fingerprint density at radius 1 is 1.45 bits per heavy atom. The van der Waals surface area contributed by atoms with E-state index in [0.29, 0.717) is 12.1 Å². The van der Waals surface area contributed by atoms with Crippen LogP contribution in [0.3, 0.4) is 0 Å². The summed E-state index contributed by atoms with van der Waals surface area (Å²) in [6.07, 6.45) is 3.94. The molecule has 1 aromatic rings. The van der Waals surface area contributed by atoms with E-state index in [-0.39, 0.29) is 0 Å². The van der Waals surface area contributed by atoms with E-state index in [2.05, 4.69) is 42.4 Å². The molecule has 0 bridgehead atoms. The number of anilines is 1. The molecule has 0 aliphatic carbocycles. The van der Waals surface area contributed by atoms with Crippen LogP contribution in [0.4, 0.5) is 5.69 Å². The van der Waals surface area contributed by atoms with Gasteiger partial charge in [0.2, 0.25) is 0 Å². The normalized spacial score (nSPS) is 20.7. The Balaban J connectivity index is 2.03. The highest BCUT2D eigenvalue weighted by Gasteiger charge is 2.17. The van der Waals surface area contributed by atoms with Crippen molar-refractivity contribution >= 4 is 17.3 Å². The van der Waals surface area contributed by atoms with E-state index in [0.717, 1.165) is 30.3 Å². The first-order chi connectivity index (χ1) is 9.61. The molecule has 1 aliphatic rings. The molecule has 3 nitrogen and oxygen atoms in total. The van der Waals surface area contributed by atoms with E-state index in [1.54, 1.807) is 0 Å². The van der Waals surface area contributed by atoms with Crippen molar-refractivity contribution in [2.75, 3.05) is 32.1 Å². The maximum atomic E-state index is 6.43. The minimum atomic E-state index is 0.313. The van der Waals surface area contributed by atoms with Gasteiger partial charge in [-0.05, 0) is 50.9 Å². The first kappa shape index (κ1) is 15.6. The summed E-state index contributed by atoms with van der Waals surface area (Å²) >= 11 is 6.43. The van der Waals surface area contributed by atoms with Crippen LogP contribution in [0.5, 0.6) is 0 Å². The Bertz CT molecular complexity index is 432. The van der Waals surface area contributed by atoms with Gasteiger partial charge in [-0.1, -0.05) is 17.7 Å². The van der Waals surface area contributed by atoms with Crippen molar-refractivity contribution in [3.63, 3.8) is 0 Å². The van der Waals surface area contributed by atoms with Crippen molar-refractivity contribution in [3.05, 3.63) is 28.8 Å². The number of nitrogens with zero attached hydrogens (tertiary/aromatic N) is 1. The summed E-state index contributed by atoms with van der Waals surface area (Å²) in [5, 5.41) is 4.04. The van der Waals surface area contributed by atoms with Gasteiger partial charge < -0.3 is 15.0 Å². The number of likely N-dealkylation sites (N-methyl/N-ethyl adjacent to an activating group) is 1. The van der Waals surface area contributed by atoms with Crippen molar-refractivity contribution < 1.29 is 4.74 Å². The fourth-order valence-electron chi connectivity index (χ4n) is 2.62. The lowest BCUT2D eigenvalue weighted by Gasteiger charge is -2.29. The van der Waals surface area contributed by atoms with Crippen LogP contribution in [-0.2, 0) is 4.74 Å². The summed E-state index contributed by atoms with van der Waals surface area (Å²) in [7, 11) is 4.04. The summed E-state index contributed by atoms with van der Waals surface area (Å²) in [5.41, 5.74) is 2.29. The molecule has 1 saturated heterocycles. The van der Waals surface area contributed by atoms with Gasteiger partial charge in [0.1, 0.15) is 0 Å². The van der Waals surface area contributed by atoms with E-state index in [1.807, 2.05) is 7.05 Å². The fourth-order valence-corrected chi connectivity index (χ4v) is 2.96. The molecule has 4 heteroatoms. The predicted molar refractivity (Wildman–Crippen MR) is 85.8 cm³/mol. The molecule has 1 aromatic carbocycles. The highest BCUT2D eigenvalue weighted by Crippen LogP contribution is 2.29. The van der Waals surface area contributed by atoms with Gasteiger partial charge in [-0.15, -0.1) is 0 Å². The van der Waals surface area contributed by atoms with Gasteiger partial charge in [0, 0.05) is 26.2 Å². The molecule has 2 atom stereocenters. The van der Waals surface area contributed by atoms with Crippen LogP contribution in [0.15, 0.2) is 18.2 Å². The molecule has 0 radical (unpaired) electrons. The highest BCUT2D eigenvalue weighted by atomic mass is 35.5. The maximum absolute atomic E-state index is 6.43. The smallest absolute Gasteiger partial charge is 0.0749 e. The van der Waals surface area contributed by atoms with Gasteiger partial charge in [-0.3, -0.25) is 0 Å². The lowest BCUT2D eigenvalue weighted by Crippen LogP contribution is -2.33. The largest absolute Gasteiger partial charge is 0.376 e. The molecule has 0 saturated carbocycles. The third kappa shape index (κ3) is 3.87. The van der Waals surface area contributed by atoms with Crippen LogP contribution >= 0.6 is 11.6 Å². The second kappa shape index (κ2) is 7.30. The number of benzene rings is 1. The van der Waals surface area contributed by atoms with Crippen LogP contribution < -0.4 is 10.2 Å². The van der Waals surface area contributed by atoms with Crippen LogP contribution in [-0.4, -0.2) is 33.4 Å². The monoisotopic (exact) mass is 296 g/mol. The Labute approximate surface area is 127 Å². The van der Waals surface area contributed by atoms with E-state index in [9.17, 15) is 0 Å². The number of halogens is 1. The standard InChI is InChI=1S/C16H25ClN2O/c1-12(18-2)13-7-8-16(15(17)10-13)19(3)11-14-6-4-5-9-20-14/h7-8,10,12,14,18H,4-6,9,11H2,1-3H3. The first-order valence-electron chi connectivity index (χ1n) is 7.41. The molecule has 1 heterocycles. The molecule has 0 amide bonds. The summed E-state index contributed by atoms with van der Waals surface area (Å²) < 4.78 is 5.79. The molecular formula is C16H25ClN2O. The zero-order valence-electron chi connectivity index (χ0n) is 12.7. The minimum absolute atomic E-state index is 0.313. The molecule has 1 fully saturated rings. The summed E-state index contributed by atoms with van der Waals surface area (Å²) in [5.74, 6) is 0. The Morgan fingerprint density at radius 2 is 2.25 bits per heavy atom. The Morgan fingerprint density at radius 3 is 2.85 bits per heavy atom. The third-order valence-electron chi connectivity index (χ3n) is 4.07. The van der Waals surface area contributed by atoms with Gasteiger partial charge in [0.15, 0.2) is 0 Å². The van der Waals surface area contributed by atoms with Gasteiger partial charge in [0.25, 0.3) is 0 Å². The van der Waals surface area contributed by atoms with Crippen LogP contribution in [0.2, 0.25) is 5.02 Å². The van der Waals surface area contributed by atoms with Crippen molar-refractivity contribution in [2.45, 2.75) is 38.3 Å². The predicted octanol–water partition coefficient (Wildman–Crippen LogP) is 3.63. The van der Waals surface area contributed by atoms with Crippen molar-refractivity contribution in [1.29, 1.82) is 0 Å². The molecule has 0 spiro atoms. The lowest BCUT2D eigenvalue weighted by atomic mass is 10.1. The number of rotatable bonds is 5. The average molecular weight is 297 g/mol. The lowest BCUT2D eigenvalue weighted by molar-refractivity contribution is 0.0216. The Kier molecular flexibility index (Phi) is 5.70. The van der Waals surface area contributed by atoms with Crippen LogP contribution in [0, 0.1) is 0 Å². The van der Waals surface area contributed by atoms with Gasteiger partial charge >= 0.3 is 0 Å². The number of hydrogen-bond acceptors (Lipinski definition) is 3. The second-order valence-electron chi connectivity index (χ2n) is 5.59. The molecule has 2 unspecified atom stereocenters. The third-order valence-corrected chi connectivity index (χ3v) is 4.37. The van der Waals surface area contributed by atoms with Crippen molar-refractivity contribution in [2.24, 2.45) is 0 Å². The van der Waals surface area contributed by atoms with E-state index >= 15 is 0 Å². The quantitative estimate of drug-likeness (QED) is 0.898. The first-order valence-corrected chi connectivity index (χ1v) is 7.79. The van der Waals surface area contributed by atoms with E-state index in [4.69, 9.17) is 16.3 Å². The minimum Gasteiger partial charge on any atom is -0.376 e. The van der Waals surface area contributed by atoms with Crippen molar-refractivity contribution in [3.8, 4) is 0 Å². The number of hydrogen-bond donors (Lipinski definition) is 1. The van der Waals surface area contributed by atoms with Gasteiger partial charge in [-0.2, -0.15) is 0 Å². The van der Waals surface area contributed by atoms with Gasteiger partial charge in [-0.25, -0.2) is 0 Å². The fraction of sp³-hybridized carbons (Fsp3) is 0.625. The van der Waals surface area contributed by atoms with Gasteiger partial charge in [0.05, 0.1) is 16.8 Å². The second-order valence-corrected chi connectivity index (χ2v) is 6.00. The summed E-state index contributed by atoms with van der Waals surface area (Å²) in [6, 6.07) is 6.61. The molecule has 1 N–H and O–H groups in total. The molecule has 112 valence electrons. The van der Waals surface area contributed by atoms with Crippen LogP contribution in [0.25, 0.3) is 0 Å². The van der Waals surface area contributed by atoms with Crippen LogP contribution in [0.1, 0.15) is 37.8 Å². The Hall–Kier alpha value is -0.770. The number of ether oxygens (including phenoxy) is 1. The zero-order chi connectivity index (χ0) is 14.5.